The van der Waals surface area contributed by atoms with Gasteiger partial charge in [0.05, 0.1) is 12.3 Å². The fraction of sp³-hybridized carbons (Fsp3) is 0.440. The molecule has 0 spiro atoms. The molecule has 5 heteroatoms. The molecule has 0 aromatic heterocycles. The van der Waals surface area contributed by atoms with E-state index in [0.717, 1.165) is 50.9 Å². The quantitative estimate of drug-likeness (QED) is 0.723. The zero-order chi connectivity index (χ0) is 20.9. The van der Waals surface area contributed by atoms with Crippen LogP contribution in [0.1, 0.15) is 42.7 Å². The molecular weight excluding hydrogens is 396 g/mol. The molecule has 0 aliphatic carbocycles. The van der Waals surface area contributed by atoms with E-state index in [1.165, 1.54) is 5.56 Å². The molecule has 0 bridgehead atoms. The van der Waals surface area contributed by atoms with Crippen LogP contribution >= 0.6 is 11.6 Å². The number of rotatable bonds is 4. The molecule has 2 aromatic rings. The van der Waals surface area contributed by atoms with E-state index in [9.17, 15) is 9.59 Å². The molecule has 0 N–H and O–H groups in total. The molecule has 2 amide bonds. The molecule has 2 heterocycles. The molecule has 0 radical (unpaired) electrons. The molecule has 0 saturated carbocycles. The minimum atomic E-state index is -0.0738. The number of amides is 2. The summed E-state index contributed by atoms with van der Waals surface area (Å²) in [7, 11) is 0. The molecule has 2 fully saturated rings. The summed E-state index contributed by atoms with van der Waals surface area (Å²) in [5.74, 6) is 0.770. The molecular formula is C25H29ClN2O2. The maximum Gasteiger partial charge on any atom is 0.227 e. The van der Waals surface area contributed by atoms with Crippen LogP contribution in [0.25, 0.3) is 0 Å². The molecule has 1 atom stereocenters. The maximum absolute atomic E-state index is 13.1. The van der Waals surface area contributed by atoms with Gasteiger partial charge in [-0.25, -0.2) is 0 Å². The third-order valence-corrected chi connectivity index (χ3v) is 6.68. The molecule has 4 rings (SSSR count). The van der Waals surface area contributed by atoms with Crippen molar-refractivity contribution in [2.24, 2.45) is 5.92 Å². The highest BCUT2D eigenvalue weighted by molar-refractivity contribution is 6.30. The molecule has 2 aromatic carbocycles. The van der Waals surface area contributed by atoms with E-state index in [-0.39, 0.29) is 17.7 Å². The summed E-state index contributed by atoms with van der Waals surface area (Å²) >= 11 is 6.04. The van der Waals surface area contributed by atoms with Gasteiger partial charge in [-0.15, -0.1) is 0 Å². The van der Waals surface area contributed by atoms with Crippen LogP contribution in [0.4, 0.5) is 0 Å². The summed E-state index contributed by atoms with van der Waals surface area (Å²) in [5.41, 5.74) is 2.30. The molecule has 2 aliphatic rings. The maximum atomic E-state index is 13.1. The lowest BCUT2D eigenvalue weighted by atomic mass is 9.88. The van der Waals surface area contributed by atoms with E-state index in [1.54, 1.807) is 0 Å². The summed E-state index contributed by atoms with van der Waals surface area (Å²) in [6.45, 7) is 2.90. The number of hydrogen-bond acceptors (Lipinski definition) is 2. The smallest absolute Gasteiger partial charge is 0.227 e. The van der Waals surface area contributed by atoms with Gasteiger partial charge >= 0.3 is 0 Å². The van der Waals surface area contributed by atoms with Crippen LogP contribution in [0.3, 0.4) is 0 Å². The van der Waals surface area contributed by atoms with Gasteiger partial charge in [0.1, 0.15) is 0 Å². The van der Waals surface area contributed by atoms with E-state index in [4.69, 9.17) is 11.6 Å². The lowest BCUT2D eigenvalue weighted by Crippen LogP contribution is -2.48. The number of nitrogens with zero attached hydrogens (tertiary/aromatic N) is 2. The normalized spacial score (nSPS) is 20.2. The Bertz CT molecular complexity index is 878. The summed E-state index contributed by atoms with van der Waals surface area (Å²) in [4.78, 5) is 29.8. The van der Waals surface area contributed by atoms with Crippen molar-refractivity contribution >= 4 is 23.4 Å². The first kappa shape index (κ1) is 20.9. The fourth-order valence-electron chi connectivity index (χ4n) is 4.76. The minimum Gasteiger partial charge on any atom is -0.342 e. The van der Waals surface area contributed by atoms with Crippen LogP contribution in [0.2, 0.25) is 5.02 Å². The van der Waals surface area contributed by atoms with Crippen molar-refractivity contribution in [1.82, 2.24) is 9.80 Å². The van der Waals surface area contributed by atoms with Crippen molar-refractivity contribution < 1.29 is 9.59 Å². The van der Waals surface area contributed by atoms with Gasteiger partial charge in [0.15, 0.2) is 0 Å². The van der Waals surface area contributed by atoms with Crippen molar-refractivity contribution in [3.63, 3.8) is 0 Å². The fourth-order valence-corrected chi connectivity index (χ4v) is 4.97. The first-order valence-electron chi connectivity index (χ1n) is 11.0. The third kappa shape index (κ3) is 5.04. The molecule has 30 heavy (non-hydrogen) atoms. The average molecular weight is 425 g/mol. The van der Waals surface area contributed by atoms with E-state index in [0.29, 0.717) is 23.9 Å². The van der Waals surface area contributed by atoms with E-state index in [1.807, 2.05) is 40.1 Å². The van der Waals surface area contributed by atoms with Crippen LogP contribution in [0.15, 0.2) is 54.6 Å². The summed E-state index contributed by atoms with van der Waals surface area (Å²) in [6, 6.07) is 18.0. The minimum absolute atomic E-state index is 0.0738. The van der Waals surface area contributed by atoms with Crippen LogP contribution in [-0.2, 0) is 16.0 Å². The van der Waals surface area contributed by atoms with Gasteiger partial charge in [-0.2, -0.15) is 0 Å². The third-order valence-electron chi connectivity index (χ3n) is 6.45. The Morgan fingerprint density at radius 2 is 1.67 bits per heavy atom. The summed E-state index contributed by atoms with van der Waals surface area (Å²) < 4.78 is 0. The highest BCUT2D eigenvalue weighted by Crippen LogP contribution is 2.29. The van der Waals surface area contributed by atoms with Gasteiger partial charge < -0.3 is 9.80 Å². The zero-order valence-corrected chi connectivity index (χ0v) is 18.1. The number of hydrogen-bond donors (Lipinski definition) is 0. The van der Waals surface area contributed by atoms with E-state index in [2.05, 4.69) is 24.3 Å². The standard InChI is InChI=1S/C25H29ClN2O2/c26-23-10-4-6-19(16-23)17-24(29)28-13-5-9-22(18-28)25(30)27-14-11-21(12-15-27)20-7-2-1-3-8-20/h1-4,6-8,10,16,21-22H,5,9,11-15,17-18H2. The van der Waals surface area contributed by atoms with Gasteiger partial charge in [0.2, 0.25) is 11.8 Å². The summed E-state index contributed by atoms with van der Waals surface area (Å²) in [6.07, 6.45) is 4.13. The molecule has 4 nitrogen and oxygen atoms in total. The van der Waals surface area contributed by atoms with Gasteiger partial charge in [-0.1, -0.05) is 54.1 Å². The molecule has 2 saturated heterocycles. The second-order valence-electron chi connectivity index (χ2n) is 8.50. The van der Waals surface area contributed by atoms with Crippen molar-refractivity contribution in [2.45, 2.75) is 38.0 Å². The molecule has 1 unspecified atom stereocenters. The molecule has 2 aliphatic heterocycles. The van der Waals surface area contributed by atoms with Crippen LogP contribution in [-0.4, -0.2) is 47.8 Å². The first-order valence-corrected chi connectivity index (χ1v) is 11.3. The first-order chi connectivity index (χ1) is 14.6. The Hall–Kier alpha value is -2.33. The van der Waals surface area contributed by atoms with Crippen molar-refractivity contribution in [2.75, 3.05) is 26.2 Å². The Balaban J connectivity index is 1.31. The van der Waals surface area contributed by atoms with Crippen LogP contribution in [0, 0.1) is 5.92 Å². The number of halogens is 1. The summed E-state index contributed by atoms with van der Waals surface area (Å²) in [5, 5.41) is 0.644. The average Bonchev–Trinajstić information content (AvgIpc) is 2.79. The molecule has 158 valence electrons. The second kappa shape index (κ2) is 9.65. The Morgan fingerprint density at radius 3 is 2.40 bits per heavy atom. The lowest BCUT2D eigenvalue weighted by molar-refractivity contribution is -0.141. The Labute approximate surface area is 183 Å². The van der Waals surface area contributed by atoms with E-state index >= 15 is 0 Å². The SMILES string of the molecule is O=C(Cc1cccc(Cl)c1)N1CCCC(C(=O)N2CCC(c3ccccc3)CC2)C1. The number of carbonyl (C=O) groups excluding carboxylic acids is 2. The van der Waals surface area contributed by atoms with Gasteiger partial charge in [-0.05, 0) is 54.9 Å². The van der Waals surface area contributed by atoms with Crippen molar-refractivity contribution in [1.29, 1.82) is 0 Å². The number of carbonyl (C=O) groups is 2. The predicted octanol–water partition coefficient (Wildman–Crippen LogP) is 4.53. The topological polar surface area (TPSA) is 40.6 Å². The van der Waals surface area contributed by atoms with Gasteiger partial charge in [-0.3, -0.25) is 9.59 Å². The van der Waals surface area contributed by atoms with Gasteiger partial charge in [0.25, 0.3) is 0 Å². The largest absolute Gasteiger partial charge is 0.342 e. The van der Waals surface area contributed by atoms with Crippen LogP contribution < -0.4 is 0 Å². The lowest BCUT2D eigenvalue weighted by Gasteiger charge is -2.38. The predicted molar refractivity (Wildman–Crippen MR) is 119 cm³/mol. The monoisotopic (exact) mass is 424 g/mol. The number of benzene rings is 2. The second-order valence-corrected chi connectivity index (χ2v) is 8.93. The van der Waals surface area contributed by atoms with Crippen molar-refractivity contribution in [3.05, 3.63) is 70.7 Å². The number of likely N-dealkylation sites (tertiary alicyclic amines) is 2. The van der Waals surface area contributed by atoms with Gasteiger partial charge in [0, 0.05) is 31.2 Å². The zero-order valence-electron chi connectivity index (χ0n) is 17.3. The Kier molecular flexibility index (Phi) is 6.73. The highest BCUT2D eigenvalue weighted by atomic mass is 35.5. The highest BCUT2D eigenvalue weighted by Gasteiger charge is 2.33. The Morgan fingerprint density at radius 1 is 0.900 bits per heavy atom. The number of piperidine rings is 2. The van der Waals surface area contributed by atoms with E-state index < -0.39 is 0 Å². The van der Waals surface area contributed by atoms with Crippen molar-refractivity contribution in [3.8, 4) is 0 Å². The van der Waals surface area contributed by atoms with Crippen LogP contribution in [0.5, 0.6) is 0 Å².